The van der Waals surface area contributed by atoms with Gasteiger partial charge in [-0.1, -0.05) is 25.4 Å². The van der Waals surface area contributed by atoms with E-state index in [2.05, 4.69) is 15.0 Å². The molecule has 13 heteroatoms. The molecule has 1 saturated heterocycles. The lowest BCUT2D eigenvalue weighted by molar-refractivity contribution is -0.0689. The second-order valence-corrected chi connectivity index (χ2v) is 10.8. The summed E-state index contributed by atoms with van der Waals surface area (Å²) in [4.78, 5) is 22.4. The Bertz CT molecular complexity index is 989. The molecule has 0 aromatic carbocycles. The molecule has 3 rings (SSSR count). The highest BCUT2D eigenvalue weighted by Gasteiger charge is 2.50. The van der Waals surface area contributed by atoms with Crippen molar-refractivity contribution in [2.24, 2.45) is 0 Å². The number of imidazole rings is 1. The number of nitrogens with zero attached hydrogens (tertiary/aromatic N) is 4. The van der Waals surface area contributed by atoms with Crippen LogP contribution in [-0.4, -0.2) is 69.0 Å². The number of hydrogen-bond donors (Lipinski definition) is 4. The Labute approximate surface area is 184 Å². The number of aliphatic hydroxyl groups is 3. The van der Waals surface area contributed by atoms with Crippen molar-refractivity contribution in [2.45, 2.75) is 82.4 Å². The summed E-state index contributed by atoms with van der Waals surface area (Å²) < 4.78 is 25.6. The molecular weight excluding hydrogens is 451 g/mol. The zero-order valence-electron chi connectivity index (χ0n) is 17.7. The Balaban J connectivity index is 1.83. The van der Waals surface area contributed by atoms with E-state index < -0.39 is 43.1 Å². The summed E-state index contributed by atoms with van der Waals surface area (Å²) in [6.45, 7) is 6.16. The molecule has 31 heavy (non-hydrogen) atoms. The summed E-state index contributed by atoms with van der Waals surface area (Å²) in [6, 6.07) is 0. The van der Waals surface area contributed by atoms with E-state index in [0.717, 1.165) is 0 Å². The van der Waals surface area contributed by atoms with E-state index in [9.17, 15) is 24.8 Å². The fourth-order valence-corrected chi connectivity index (χ4v) is 4.98. The van der Waals surface area contributed by atoms with Crippen molar-refractivity contribution in [3.8, 4) is 0 Å². The molecule has 2 aromatic heterocycles. The number of halogens is 1. The average molecular weight is 479 g/mol. The van der Waals surface area contributed by atoms with Gasteiger partial charge in [-0.3, -0.25) is 9.13 Å². The Hall–Kier alpha value is -1.17. The maximum absolute atomic E-state index is 12.7. The second kappa shape index (κ2) is 8.64. The predicted octanol–water partition coefficient (Wildman–Crippen LogP) is 1.98. The lowest BCUT2D eigenvalue weighted by Gasteiger charge is -2.37. The van der Waals surface area contributed by atoms with Gasteiger partial charge in [0.1, 0.15) is 24.1 Å². The average Bonchev–Trinajstić information content (AvgIpc) is 3.25. The minimum atomic E-state index is -4.42. The SMILES string of the molecule is CCC(C)(C[C@H]1O[C@@H](n2cnc3c(Cl)ncnc32)[C@H](O)C1O)OP(=O)(O)C(C)(O)CC. The summed E-state index contributed by atoms with van der Waals surface area (Å²) in [5, 5.41) is 29.7. The normalized spacial score (nSPS) is 30.1. The van der Waals surface area contributed by atoms with Crippen LogP contribution in [0.3, 0.4) is 0 Å². The van der Waals surface area contributed by atoms with E-state index in [1.807, 2.05) is 0 Å². The lowest BCUT2D eigenvalue weighted by Crippen LogP contribution is -2.40. The first kappa shape index (κ1) is 24.5. The van der Waals surface area contributed by atoms with Crippen LogP contribution in [0.1, 0.15) is 53.2 Å². The van der Waals surface area contributed by atoms with Crippen molar-refractivity contribution in [1.29, 1.82) is 0 Å². The van der Waals surface area contributed by atoms with Gasteiger partial charge in [-0.2, -0.15) is 0 Å². The van der Waals surface area contributed by atoms with Crippen LogP contribution in [0.15, 0.2) is 12.7 Å². The number of fused-ring (bicyclic) bond motifs is 1. The molecule has 0 spiro atoms. The van der Waals surface area contributed by atoms with E-state index in [-0.39, 0.29) is 18.0 Å². The Morgan fingerprint density at radius 3 is 2.52 bits per heavy atom. The van der Waals surface area contributed by atoms with Crippen molar-refractivity contribution >= 4 is 30.4 Å². The highest BCUT2D eigenvalue weighted by Crippen LogP contribution is 2.59. The third-order valence-corrected chi connectivity index (χ3v) is 8.43. The molecule has 1 aliphatic heterocycles. The molecule has 174 valence electrons. The number of ether oxygens (including phenoxy) is 1. The topological polar surface area (TPSA) is 160 Å². The minimum Gasteiger partial charge on any atom is -0.388 e. The lowest BCUT2D eigenvalue weighted by atomic mass is 9.93. The molecule has 4 N–H and O–H groups in total. The molecule has 4 unspecified atom stereocenters. The van der Waals surface area contributed by atoms with Crippen LogP contribution in [0.2, 0.25) is 5.15 Å². The van der Waals surface area contributed by atoms with Gasteiger partial charge >= 0.3 is 7.60 Å². The zero-order chi connectivity index (χ0) is 23.2. The van der Waals surface area contributed by atoms with E-state index >= 15 is 0 Å². The Kier molecular flexibility index (Phi) is 6.82. The smallest absolute Gasteiger partial charge is 0.359 e. The van der Waals surface area contributed by atoms with Crippen LogP contribution in [0, 0.1) is 0 Å². The Morgan fingerprint density at radius 2 is 1.90 bits per heavy atom. The van der Waals surface area contributed by atoms with Crippen molar-refractivity contribution in [3.05, 3.63) is 17.8 Å². The van der Waals surface area contributed by atoms with Gasteiger partial charge in [0, 0.05) is 6.42 Å². The van der Waals surface area contributed by atoms with E-state index in [1.165, 1.54) is 24.1 Å². The van der Waals surface area contributed by atoms with Crippen LogP contribution in [0.25, 0.3) is 11.2 Å². The third kappa shape index (κ3) is 4.51. The van der Waals surface area contributed by atoms with E-state index in [4.69, 9.17) is 20.9 Å². The summed E-state index contributed by atoms with van der Waals surface area (Å²) >= 11 is 6.02. The van der Waals surface area contributed by atoms with Crippen LogP contribution in [-0.2, 0) is 13.8 Å². The zero-order valence-corrected chi connectivity index (χ0v) is 19.4. The van der Waals surface area contributed by atoms with Gasteiger partial charge in [0.15, 0.2) is 22.4 Å². The number of hydrogen-bond acceptors (Lipinski definition) is 9. The second-order valence-electron chi connectivity index (χ2n) is 8.22. The molecule has 3 heterocycles. The Morgan fingerprint density at radius 1 is 1.23 bits per heavy atom. The molecule has 0 amide bonds. The summed E-state index contributed by atoms with van der Waals surface area (Å²) in [5.74, 6) is 0. The molecule has 2 aromatic rings. The van der Waals surface area contributed by atoms with Gasteiger partial charge in [-0.05, 0) is 26.7 Å². The number of aliphatic hydroxyl groups excluding tert-OH is 2. The van der Waals surface area contributed by atoms with Crippen molar-refractivity contribution in [3.63, 3.8) is 0 Å². The maximum atomic E-state index is 12.7. The van der Waals surface area contributed by atoms with Gasteiger partial charge in [-0.25, -0.2) is 15.0 Å². The highest BCUT2D eigenvalue weighted by atomic mass is 35.5. The molecule has 1 fully saturated rings. The molecule has 0 radical (unpaired) electrons. The van der Waals surface area contributed by atoms with Crippen LogP contribution >= 0.6 is 19.2 Å². The van der Waals surface area contributed by atoms with Crippen molar-refractivity contribution < 1.29 is 34.0 Å². The molecule has 0 bridgehead atoms. The van der Waals surface area contributed by atoms with Crippen LogP contribution in [0.5, 0.6) is 0 Å². The van der Waals surface area contributed by atoms with Gasteiger partial charge in [-0.15, -0.1) is 0 Å². The van der Waals surface area contributed by atoms with Gasteiger partial charge in [0.05, 0.1) is 18.0 Å². The maximum Gasteiger partial charge on any atom is 0.359 e. The van der Waals surface area contributed by atoms with Crippen LogP contribution < -0.4 is 0 Å². The predicted molar refractivity (Wildman–Crippen MR) is 111 cm³/mol. The highest BCUT2D eigenvalue weighted by molar-refractivity contribution is 7.54. The molecule has 1 aliphatic rings. The van der Waals surface area contributed by atoms with E-state index in [1.54, 1.807) is 20.8 Å². The van der Waals surface area contributed by atoms with Crippen molar-refractivity contribution in [1.82, 2.24) is 19.5 Å². The largest absolute Gasteiger partial charge is 0.388 e. The fourth-order valence-electron chi connectivity index (χ4n) is 3.41. The van der Waals surface area contributed by atoms with Gasteiger partial charge in [0.2, 0.25) is 0 Å². The third-order valence-electron chi connectivity index (χ3n) is 5.93. The van der Waals surface area contributed by atoms with E-state index in [0.29, 0.717) is 17.6 Å². The molecule has 7 atom stereocenters. The first-order valence-corrected chi connectivity index (χ1v) is 11.9. The monoisotopic (exact) mass is 478 g/mol. The molecule has 11 nitrogen and oxygen atoms in total. The molecule has 0 aliphatic carbocycles. The van der Waals surface area contributed by atoms with Crippen LogP contribution in [0.4, 0.5) is 0 Å². The van der Waals surface area contributed by atoms with Gasteiger partial charge in [0.25, 0.3) is 0 Å². The first-order chi connectivity index (χ1) is 14.4. The number of aromatic nitrogens is 4. The number of rotatable bonds is 8. The first-order valence-electron chi connectivity index (χ1n) is 9.96. The van der Waals surface area contributed by atoms with Crippen molar-refractivity contribution in [2.75, 3.05) is 0 Å². The summed E-state index contributed by atoms with van der Waals surface area (Å²) in [7, 11) is -4.42. The fraction of sp³-hybridized carbons (Fsp3) is 0.722. The molecule has 0 saturated carbocycles. The summed E-state index contributed by atoms with van der Waals surface area (Å²) in [5.41, 5.74) is -0.570. The van der Waals surface area contributed by atoms with Gasteiger partial charge < -0.3 is 29.5 Å². The quantitative estimate of drug-likeness (QED) is 0.326. The standard InChI is InChI=1S/C18H28ClN4O7P/c1-5-17(3,30-31(27,28)18(4,26)6-2)7-10-12(24)13(25)16(29-10)23-9-22-11-14(19)20-8-21-15(11)23/h8-10,12-13,16,24-26H,5-7H2,1-4H3,(H,27,28)/t10-,12?,13-,16-,17?,18?/m1/s1. The molecular formula is C18H28ClN4O7P. The summed E-state index contributed by atoms with van der Waals surface area (Å²) in [6.07, 6.45) is -1.64. The minimum absolute atomic E-state index is 0.00899.